The number of rotatable bonds is 4. The Morgan fingerprint density at radius 1 is 1.26 bits per heavy atom. The van der Waals surface area contributed by atoms with Crippen LogP contribution in [0.4, 0.5) is 0 Å². The lowest BCUT2D eigenvalue weighted by molar-refractivity contribution is -0.132. The number of carbonyl (C=O) groups is 1. The Hall–Kier alpha value is -1.51. The van der Waals surface area contributed by atoms with E-state index in [1.807, 2.05) is 19.9 Å². The van der Waals surface area contributed by atoms with E-state index in [0.29, 0.717) is 30.1 Å². The molecule has 1 fully saturated rings. The van der Waals surface area contributed by atoms with E-state index in [0.717, 1.165) is 25.1 Å². The molecule has 3 nitrogen and oxygen atoms in total. The zero-order chi connectivity index (χ0) is 16.4. The molecule has 0 spiro atoms. The Labute approximate surface area is 140 Å². The van der Waals surface area contributed by atoms with Crippen LogP contribution in [-0.2, 0) is 9.53 Å². The number of ether oxygens (including phenoxy) is 1. The van der Waals surface area contributed by atoms with Gasteiger partial charge in [0.1, 0.15) is 5.76 Å². The number of hydrogen-bond donors (Lipinski definition) is 0. The van der Waals surface area contributed by atoms with Crippen LogP contribution < -0.4 is 0 Å². The van der Waals surface area contributed by atoms with Gasteiger partial charge in [0, 0.05) is 18.9 Å². The van der Waals surface area contributed by atoms with Gasteiger partial charge >= 0.3 is 0 Å². The largest absolute Gasteiger partial charge is 0.491 e. The second kappa shape index (κ2) is 6.94. The Morgan fingerprint density at radius 2 is 2.09 bits per heavy atom. The number of fused-ring (bicyclic) bond motifs is 1. The van der Waals surface area contributed by atoms with Crippen LogP contribution >= 0.6 is 0 Å². The summed E-state index contributed by atoms with van der Waals surface area (Å²) in [6, 6.07) is 0.230. The van der Waals surface area contributed by atoms with Crippen molar-refractivity contribution in [2.45, 2.75) is 58.6 Å². The lowest BCUT2D eigenvalue weighted by Crippen LogP contribution is -2.38. The second-order valence-corrected chi connectivity index (χ2v) is 7.53. The van der Waals surface area contributed by atoms with Crippen LogP contribution in [0, 0.1) is 17.8 Å². The van der Waals surface area contributed by atoms with Crippen LogP contribution in [0.5, 0.6) is 0 Å². The summed E-state index contributed by atoms with van der Waals surface area (Å²) in [6.45, 7) is 7.21. The fourth-order valence-corrected chi connectivity index (χ4v) is 3.90. The van der Waals surface area contributed by atoms with Crippen LogP contribution in [0.25, 0.3) is 0 Å². The lowest BCUT2D eigenvalue weighted by atomic mass is 9.87. The van der Waals surface area contributed by atoms with Gasteiger partial charge in [0.25, 0.3) is 0 Å². The molecule has 0 saturated carbocycles. The van der Waals surface area contributed by atoms with Crippen molar-refractivity contribution in [3.8, 4) is 0 Å². The summed E-state index contributed by atoms with van der Waals surface area (Å²) in [5.74, 6) is 2.79. The minimum atomic E-state index is 0.196. The molecule has 4 unspecified atom stereocenters. The van der Waals surface area contributed by atoms with Gasteiger partial charge < -0.3 is 9.64 Å². The van der Waals surface area contributed by atoms with Gasteiger partial charge in [0.05, 0.1) is 12.1 Å². The molecule has 3 rings (SSSR count). The van der Waals surface area contributed by atoms with E-state index in [2.05, 4.69) is 36.1 Å². The van der Waals surface area contributed by atoms with Gasteiger partial charge in [0.15, 0.2) is 0 Å². The van der Waals surface area contributed by atoms with E-state index >= 15 is 0 Å². The predicted octanol–water partition coefficient (Wildman–Crippen LogP) is 4.07. The maximum absolute atomic E-state index is 12.7. The molecular formula is C20H29NO2. The van der Waals surface area contributed by atoms with E-state index in [4.69, 9.17) is 4.74 Å². The first-order valence-electron chi connectivity index (χ1n) is 9.07. The van der Waals surface area contributed by atoms with Gasteiger partial charge in [-0.2, -0.15) is 0 Å². The molecular weight excluding hydrogens is 286 g/mol. The van der Waals surface area contributed by atoms with Crippen LogP contribution in [0.15, 0.2) is 36.1 Å². The lowest BCUT2D eigenvalue weighted by Gasteiger charge is -2.29. The summed E-state index contributed by atoms with van der Waals surface area (Å²) in [5.41, 5.74) is 0. The Morgan fingerprint density at radius 3 is 2.78 bits per heavy atom. The predicted molar refractivity (Wildman–Crippen MR) is 92.7 cm³/mol. The summed E-state index contributed by atoms with van der Waals surface area (Å²) in [5, 5.41) is 0. The Bertz CT molecular complexity index is 532. The Balaban J connectivity index is 1.59. The van der Waals surface area contributed by atoms with Crippen molar-refractivity contribution in [3.63, 3.8) is 0 Å². The smallest absolute Gasteiger partial charge is 0.223 e. The molecule has 0 radical (unpaired) electrons. The number of amides is 1. The van der Waals surface area contributed by atoms with Crippen LogP contribution in [0.1, 0.15) is 46.5 Å². The molecule has 0 bridgehead atoms. The fourth-order valence-electron chi connectivity index (χ4n) is 3.90. The molecule has 0 aromatic rings. The molecule has 23 heavy (non-hydrogen) atoms. The SMILES string of the molecule is CC1C=CC(CC(=O)N2CCC3C=C(OC(C)C)C=CC32)CC1. The van der Waals surface area contributed by atoms with Crippen molar-refractivity contribution in [2.75, 3.05) is 6.54 Å². The zero-order valence-electron chi connectivity index (χ0n) is 14.6. The first-order valence-corrected chi connectivity index (χ1v) is 9.07. The molecule has 1 heterocycles. The third kappa shape index (κ3) is 3.88. The molecule has 1 aliphatic heterocycles. The van der Waals surface area contributed by atoms with Gasteiger partial charge in [-0.25, -0.2) is 0 Å². The monoisotopic (exact) mass is 315 g/mol. The topological polar surface area (TPSA) is 29.5 Å². The van der Waals surface area contributed by atoms with Gasteiger partial charge in [-0.1, -0.05) is 25.2 Å². The quantitative estimate of drug-likeness (QED) is 0.732. The molecule has 126 valence electrons. The van der Waals surface area contributed by atoms with E-state index in [-0.39, 0.29) is 12.1 Å². The van der Waals surface area contributed by atoms with E-state index in [1.54, 1.807) is 0 Å². The third-order valence-electron chi connectivity index (χ3n) is 5.17. The van der Waals surface area contributed by atoms with Crippen LogP contribution in [0.3, 0.4) is 0 Å². The Kier molecular flexibility index (Phi) is 4.93. The number of nitrogens with zero attached hydrogens (tertiary/aromatic N) is 1. The van der Waals surface area contributed by atoms with Crippen molar-refractivity contribution in [1.29, 1.82) is 0 Å². The summed E-state index contributed by atoms with van der Waals surface area (Å²) >= 11 is 0. The number of hydrogen-bond acceptors (Lipinski definition) is 2. The standard InChI is InChI=1S/C20H29NO2/c1-14(2)23-18-8-9-19-17(13-18)10-11-21(19)20(22)12-16-6-4-15(3)5-7-16/h4,6,8-9,13-17,19H,5,7,10-12H2,1-3H3. The van der Waals surface area contributed by atoms with Crippen molar-refractivity contribution in [2.24, 2.45) is 17.8 Å². The van der Waals surface area contributed by atoms with Crippen molar-refractivity contribution < 1.29 is 9.53 Å². The second-order valence-electron chi connectivity index (χ2n) is 7.53. The molecule has 0 N–H and O–H groups in total. The molecule has 3 aliphatic rings. The average Bonchev–Trinajstić information content (AvgIpc) is 2.92. The molecule has 1 saturated heterocycles. The van der Waals surface area contributed by atoms with Crippen LogP contribution in [0.2, 0.25) is 0 Å². The zero-order valence-corrected chi connectivity index (χ0v) is 14.6. The summed E-state index contributed by atoms with van der Waals surface area (Å²) in [4.78, 5) is 14.8. The molecule has 4 atom stereocenters. The summed E-state index contributed by atoms with van der Waals surface area (Å²) in [6.07, 6.45) is 15.2. The van der Waals surface area contributed by atoms with Gasteiger partial charge in [-0.05, 0) is 57.1 Å². The normalized spacial score (nSPS) is 32.9. The maximum atomic E-state index is 12.7. The highest BCUT2D eigenvalue weighted by Crippen LogP contribution is 2.33. The van der Waals surface area contributed by atoms with Crippen molar-refractivity contribution >= 4 is 5.91 Å². The number of allylic oxidation sites excluding steroid dienone is 3. The van der Waals surface area contributed by atoms with Crippen molar-refractivity contribution in [1.82, 2.24) is 4.90 Å². The van der Waals surface area contributed by atoms with Gasteiger partial charge in [-0.15, -0.1) is 0 Å². The highest BCUT2D eigenvalue weighted by molar-refractivity contribution is 5.78. The van der Waals surface area contributed by atoms with Gasteiger partial charge in [-0.3, -0.25) is 4.79 Å². The first-order chi connectivity index (χ1) is 11.0. The highest BCUT2D eigenvalue weighted by atomic mass is 16.5. The maximum Gasteiger partial charge on any atom is 0.223 e. The van der Waals surface area contributed by atoms with Crippen molar-refractivity contribution in [3.05, 3.63) is 36.1 Å². The summed E-state index contributed by atoms with van der Waals surface area (Å²) in [7, 11) is 0. The number of likely N-dealkylation sites (tertiary alicyclic amines) is 1. The van der Waals surface area contributed by atoms with E-state index < -0.39 is 0 Å². The van der Waals surface area contributed by atoms with Gasteiger partial charge in [0.2, 0.25) is 5.91 Å². The molecule has 2 aliphatic carbocycles. The highest BCUT2D eigenvalue weighted by Gasteiger charge is 2.36. The summed E-state index contributed by atoms with van der Waals surface area (Å²) < 4.78 is 5.79. The molecule has 1 amide bonds. The molecule has 0 aromatic carbocycles. The molecule has 3 heteroatoms. The number of carbonyl (C=O) groups excluding carboxylic acids is 1. The average molecular weight is 315 g/mol. The third-order valence-corrected chi connectivity index (χ3v) is 5.17. The first kappa shape index (κ1) is 16.4. The minimum Gasteiger partial charge on any atom is -0.491 e. The minimum absolute atomic E-state index is 0.196. The van der Waals surface area contributed by atoms with E-state index in [9.17, 15) is 4.79 Å². The van der Waals surface area contributed by atoms with Crippen LogP contribution in [-0.4, -0.2) is 29.5 Å². The fraction of sp³-hybridized carbons (Fsp3) is 0.650. The molecule has 0 aromatic heterocycles. The van der Waals surface area contributed by atoms with E-state index in [1.165, 1.54) is 6.42 Å².